The first-order valence-corrected chi connectivity index (χ1v) is 9.84. The number of rotatable bonds is 5. The minimum atomic E-state index is -0.0121. The molecule has 4 rings (SSSR count). The third-order valence-electron chi connectivity index (χ3n) is 5.39. The zero-order valence-electron chi connectivity index (χ0n) is 16.2. The fraction of sp³-hybridized carbons (Fsp3) is 0.381. The van der Waals surface area contributed by atoms with Crippen molar-refractivity contribution < 1.29 is 4.79 Å². The number of hydrogen-bond donors (Lipinski definition) is 1. The molecule has 1 aliphatic rings. The lowest BCUT2D eigenvalue weighted by Crippen LogP contribution is -2.46. The molecular formula is C21H26N6O. The lowest BCUT2D eigenvalue weighted by Gasteiger charge is -2.36. The highest BCUT2D eigenvalue weighted by atomic mass is 16.2. The van der Waals surface area contributed by atoms with E-state index in [1.54, 1.807) is 12.4 Å². The summed E-state index contributed by atoms with van der Waals surface area (Å²) in [5.41, 5.74) is 1.84. The summed E-state index contributed by atoms with van der Waals surface area (Å²) in [4.78, 5) is 23.2. The molecule has 1 unspecified atom stereocenters. The van der Waals surface area contributed by atoms with Crippen LogP contribution in [-0.2, 0) is 6.54 Å². The number of nitrogens with zero attached hydrogens (tertiary/aromatic N) is 5. The molecule has 3 aromatic rings. The molecule has 0 radical (unpaired) electrons. The van der Waals surface area contributed by atoms with E-state index in [1.165, 1.54) is 6.42 Å². The average Bonchev–Trinajstić information content (AvgIpc) is 3.39. The molecule has 3 heterocycles. The molecule has 7 heteroatoms. The molecule has 1 atom stereocenters. The highest BCUT2D eigenvalue weighted by molar-refractivity contribution is 5.89. The van der Waals surface area contributed by atoms with Crippen molar-refractivity contribution in [2.24, 2.45) is 0 Å². The maximum Gasteiger partial charge on any atom is 0.322 e. The van der Waals surface area contributed by atoms with Gasteiger partial charge in [-0.1, -0.05) is 0 Å². The summed E-state index contributed by atoms with van der Waals surface area (Å²) in [6, 6.07) is 8.13. The van der Waals surface area contributed by atoms with Crippen molar-refractivity contribution in [3.8, 4) is 5.69 Å². The molecule has 1 fully saturated rings. The first-order chi connectivity index (χ1) is 13.7. The van der Waals surface area contributed by atoms with Gasteiger partial charge in [-0.15, -0.1) is 0 Å². The Morgan fingerprint density at radius 3 is 2.75 bits per heavy atom. The number of aryl methyl sites for hydroxylation is 2. The summed E-state index contributed by atoms with van der Waals surface area (Å²) in [6.45, 7) is 3.66. The van der Waals surface area contributed by atoms with Crippen molar-refractivity contribution in [3.63, 3.8) is 0 Å². The molecular weight excluding hydrogens is 352 g/mol. The van der Waals surface area contributed by atoms with E-state index in [9.17, 15) is 4.79 Å². The second-order valence-corrected chi connectivity index (χ2v) is 7.25. The van der Waals surface area contributed by atoms with Crippen LogP contribution < -0.4 is 5.32 Å². The van der Waals surface area contributed by atoms with E-state index >= 15 is 0 Å². The molecule has 1 aliphatic heterocycles. The maximum absolute atomic E-state index is 12.9. The van der Waals surface area contributed by atoms with E-state index < -0.39 is 0 Å². The Balaban J connectivity index is 1.39. The summed E-state index contributed by atoms with van der Waals surface area (Å²) >= 11 is 0. The highest BCUT2D eigenvalue weighted by Gasteiger charge is 2.26. The van der Waals surface area contributed by atoms with Crippen LogP contribution in [0.3, 0.4) is 0 Å². The second kappa shape index (κ2) is 8.29. The number of aromatic nitrogens is 4. The minimum Gasteiger partial charge on any atom is -0.337 e. The molecule has 2 amide bonds. The van der Waals surface area contributed by atoms with Crippen molar-refractivity contribution in [3.05, 3.63) is 61.2 Å². The fourth-order valence-corrected chi connectivity index (χ4v) is 3.84. The number of nitrogens with one attached hydrogen (secondary N) is 1. The number of piperidine rings is 1. The molecule has 0 aliphatic carbocycles. The SMILES string of the molecule is Cc1nccn1-c1ccc(NC(=O)N2CCCCC2CCn2ccnc2)cc1. The quantitative estimate of drug-likeness (QED) is 0.733. The number of amides is 2. The number of carbonyl (C=O) groups excluding carboxylic acids is 1. The van der Waals surface area contributed by atoms with Crippen molar-refractivity contribution in [1.82, 2.24) is 24.0 Å². The monoisotopic (exact) mass is 378 g/mol. The van der Waals surface area contributed by atoms with Gasteiger partial charge in [-0.05, 0) is 56.9 Å². The first kappa shape index (κ1) is 18.3. The Morgan fingerprint density at radius 1 is 1.18 bits per heavy atom. The Kier molecular flexibility index (Phi) is 5.41. The van der Waals surface area contributed by atoms with Gasteiger partial charge < -0.3 is 19.4 Å². The van der Waals surface area contributed by atoms with E-state index in [0.29, 0.717) is 0 Å². The van der Waals surface area contributed by atoms with Gasteiger partial charge in [0.05, 0.1) is 6.33 Å². The van der Waals surface area contributed by atoms with E-state index in [-0.39, 0.29) is 12.1 Å². The number of likely N-dealkylation sites (tertiary alicyclic amines) is 1. The summed E-state index contributed by atoms with van der Waals surface area (Å²) < 4.78 is 4.09. The molecule has 0 bridgehead atoms. The van der Waals surface area contributed by atoms with Crippen molar-refractivity contribution >= 4 is 11.7 Å². The Morgan fingerprint density at radius 2 is 2.04 bits per heavy atom. The molecule has 146 valence electrons. The molecule has 2 aromatic heterocycles. The van der Waals surface area contributed by atoms with Gasteiger partial charge in [0.1, 0.15) is 5.82 Å². The van der Waals surface area contributed by atoms with Gasteiger partial charge in [-0.2, -0.15) is 0 Å². The third-order valence-corrected chi connectivity index (χ3v) is 5.39. The van der Waals surface area contributed by atoms with Crippen LogP contribution in [0.2, 0.25) is 0 Å². The van der Waals surface area contributed by atoms with Gasteiger partial charge >= 0.3 is 6.03 Å². The van der Waals surface area contributed by atoms with E-state index in [4.69, 9.17) is 0 Å². The van der Waals surface area contributed by atoms with Crippen molar-refractivity contribution in [2.45, 2.75) is 45.2 Å². The topological polar surface area (TPSA) is 68.0 Å². The molecule has 0 spiro atoms. The fourth-order valence-electron chi connectivity index (χ4n) is 3.84. The Labute approximate surface area is 165 Å². The smallest absolute Gasteiger partial charge is 0.322 e. The lowest BCUT2D eigenvalue weighted by molar-refractivity contribution is 0.155. The molecule has 1 aromatic carbocycles. The van der Waals surface area contributed by atoms with Crippen LogP contribution in [0.15, 0.2) is 55.4 Å². The molecule has 0 saturated carbocycles. The molecule has 28 heavy (non-hydrogen) atoms. The van der Waals surface area contributed by atoms with Crippen molar-refractivity contribution in [1.29, 1.82) is 0 Å². The van der Waals surface area contributed by atoms with Gasteiger partial charge in [0.15, 0.2) is 0 Å². The minimum absolute atomic E-state index is 0.0121. The zero-order chi connectivity index (χ0) is 19.3. The van der Waals surface area contributed by atoms with Crippen LogP contribution in [0.5, 0.6) is 0 Å². The van der Waals surface area contributed by atoms with Crippen LogP contribution in [0, 0.1) is 6.92 Å². The van der Waals surface area contributed by atoms with Gasteiger partial charge in [-0.25, -0.2) is 14.8 Å². The van der Waals surface area contributed by atoms with Crippen LogP contribution in [0.25, 0.3) is 5.69 Å². The number of benzene rings is 1. The number of urea groups is 1. The van der Waals surface area contributed by atoms with Gasteiger partial charge in [0.2, 0.25) is 0 Å². The van der Waals surface area contributed by atoms with Gasteiger partial charge in [0, 0.05) is 55.3 Å². The Bertz CT molecular complexity index is 899. The molecule has 7 nitrogen and oxygen atoms in total. The van der Waals surface area contributed by atoms with E-state index in [0.717, 1.165) is 49.6 Å². The summed E-state index contributed by atoms with van der Waals surface area (Å²) in [6.07, 6.45) is 13.6. The normalized spacial score (nSPS) is 16.9. The van der Waals surface area contributed by atoms with Crippen molar-refractivity contribution in [2.75, 3.05) is 11.9 Å². The maximum atomic E-state index is 12.9. The predicted octanol–water partition coefficient (Wildman–Crippen LogP) is 3.85. The van der Waals surface area contributed by atoms with Crippen LogP contribution in [-0.4, -0.2) is 42.6 Å². The van der Waals surface area contributed by atoms with E-state index in [1.807, 2.05) is 59.4 Å². The number of imidazole rings is 2. The summed E-state index contributed by atoms with van der Waals surface area (Å²) in [7, 11) is 0. The number of hydrogen-bond acceptors (Lipinski definition) is 3. The second-order valence-electron chi connectivity index (χ2n) is 7.25. The first-order valence-electron chi connectivity index (χ1n) is 9.84. The standard InChI is InChI=1S/C21H26N6O/c1-17-23-11-15-26(17)20-7-5-18(6-8-20)24-21(28)27-12-3-2-4-19(27)9-13-25-14-10-22-16-25/h5-8,10-11,14-16,19H,2-4,9,12-13H2,1H3,(H,24,28). The van der Waals surface area contributed by atoms with Gasteiger partial charge in [-0.3, -0.25) is 0 Å². The third kappa shape index (κ3) is 4.08. The number of anilines is 1. The molecule has 1 N–H and O–H groups in total. The largest absolute Gasteiger partial charge is 0.337 e. The molecule has 1 saturated heterocycles. The van der Waals surface area contributed by atoms with Gasteiger partial charge in [0.25, 0.3) is 0 Å². The van der Waals surface area contributed by atoms with Crippen LogP contribution in [0.1, 0.15) is 31.5 Å². The average molecular weight is 378 g/mol. The predicted molar refractivity (Wildman–Crippen MR) is 109 cm³/mol. The Hall–Kier alpha value is -3.09. The summed E-state index contributed by atoms with van der Waals surface area (Å²) in [5, 5.41) is 3.06. The van der Waals surface area contributed by atoms with Crippen LogP contribution >= 0.6 is 0 Å². The summed E-state index contributed by atoms with van der Waals surface area (Å²) in [5.74, 6) is 0.936. The van der Waals surface area contributed by atoms with Crippen LogP contribution in [0.4, 0.5) is 10.5 Å². The highest BCUT2D eigenvalue weighted by Crippen LogP contribution is 2.22. The lowest BCUT2D eigenvalue weighted by atomic mass is 10.00. The zero-order valence-corrected chi connectivity index (χ0v) is 16.2. The number of carbonyl (C=O) groups is 1. The van der Waals surface area contributed by atoms with E-state index in [2.05, 4.69) is 19.9 Å².